The largest absolute Gasteiger partial charge is 0.378 e. The second-order valence-electron chi connectivity index (χ2n) is 8.15. The number of hydrogen-bond acceptors (Lipinski definition) is 3. The Kier molecular flexibility index (Phi) is 4.01. The van der Waals surface area contributed by atoms with E-state index in [0.29, 0.717) is 6.04 Å². The summed E-state index contributed by atoms with van der Waals surface area (Å²) in [6, 6.07) is 0.690. The molecule has 3 nitrogen and oxygen atoms in total. The fraction of sp³-hybridized carbons (Fsp3) is 1.00. The first-order valence-electron chi connectivity index (χ1n) is 9.17. The van der Waals surface area contributed by atoms with Crippen molar-refractivity contribution in [1.82, 2.24) is 5.32 Å². The summed E-state index contributed by atoms with van der Waals surface area (Å²) in [6.07, 6.45) is 11.0. The molecular formula is C18H31NO2. The SMILES string of the molecule is CNC(CC1CC2CCC1C2)C1CCOC2(CCOC2)C1. The molecule has 21 heavy (non-hydrogen) atoms. The van der Waals surface area contributed by atoms with Crippen LogP contribution in [0.15, 0.2) is 0 Å². The quantitative estimate of drug-likeness (QED) is 0.864. The van der Waals surface area contributed by atoms with Gasteiger partial charge in [0.25, 0.3) is 0 Å². The van der Waals surface area contributed by atoms with Crippen molar-refractivity contribution in [2.45, 2.75) is 63.0 Å². The van der Waals surface area contributed by atoms with Gasteiger partial charge in [0.2, 0.25) is 0 Å². The van der Waals surface area contributed by atoms with Gasteiger partial charge in [0.15, 0.2) is 0 Å². The fourth-order valence-corrected chi connectivity index (χ4v) is 5.81. The summed E-state index contributed by atoms with van der Waals surface area (Å²) >= 11 is 0. The van der Waals surface area contributed by atoms with E-state index in [1.54, 1.807) is 0 Å². The van der Waals surface area contributed by atoms with Crippen LogP contribution in [0.5, 0.6) is 0 Å². The number of nitrogens with one attached hydrogen (secondary N) is 1. The van der Waals surface area contributed by atoms with Crippen LogP contribution in [-0.4, -0.2) is 38.5 Å². The Hall–Kier alpha value is -0.120. The molecule has 1 spiro atoms. The highest BCUT2D eigenvalue weighted by Crippen LogP contribution is 2.50. The molecule has 120 valence electrons. The van der Waals surface area contributed by atoms with Crippen molar-refractivity contribution in [3.8, 4) is 0 Å². The molecule has 0 aromatic heterocycles. The van der Waals surface area contributed by atoms with E-state index in [2.05, 4.69) is 12.4 Å². The molecule has 4 rings (SSSR count). The zero-order valence-electron chi connectivity index (χ0n) is 13.5. The average molecular weight is 293 g/mol. The van der Waals surface area contributed by atoms with Crippen LogP contribution in [0.2, 0.25) is 0 Å². The van der Waals surface area contributed by atoms with Crippen molar-refractivity contribution in [3.05, 3.63) is 0 Å². The van der Waals surface area contributed by atoms with E-state index in [4.69, 9.17) is 9.47 Å². The molecule has 4 aliphatic rings. The van der Waals surface area contributed by atoms with Gasteiger partial charge in [-0.1, -0.05) is 6.42 Å². The summed E-state index contributed by atoms with van der Waals surface area (Å²) < 4.78 is 11.7. The topological polar surface area (TPSA) is 30.5 Å². The van der Waals surface area contributed by atoms with Crippen LogP contribution in [0.3, 0.4) is 0 Å². The van der Waals surface area contributed by atoms with Gasteiger partial charge in [-0.3, -0.25) is 0 Å². The minimum atomic E-state index is 0.0622. The Morgan fingerprint density at radius 2 is 2.14 bits per heavy atom. The van der Waals surface area contributed by atoms with E-state index in [1.165, 1.54) is 44.9 Å². The van der Waals surface area contributed by atoms with E-state index in [9.17, 15) is 0 Å². The monoisotopic (exact) mass is 293 g/mol. The zero-order chi connectivity index (χ0) is 14.3. The fourth-order valence-electron chi connectivity index (χ4n) is 5.81. The highest BCUT2D eigenvalue weighted by atomic mass is 16.6. The van der Waals surface area contributed by atoms with Crippen LogP contribution in [0.25, 0.3) is 0 Å². The standard InChI is InChI=1S/C18H31NO2/c1-19-17(10-16-9-13-2-3-14(16)8-13)15-4-6-21-18(11-15)5-7-20-12-18/h13-17,19H,2-12H2,1H3. The van der Waals surface area contributed by atoms with E-state index in [1.807, 2.05) is 0 Å². The third-order valence-electron chi connectivity index (χ3n) is 6.98. The van der Waals surface area contributed by atoms with Crippen LogP contribution in [0, 0.1) is 23.7 Å². The first-order valence-corrected chi connectivity index (χ1v) is 9.17. The molecule has 3 heteroatoms. The summed E-state index contributed by atoms with van der Waals surface area (Å²) in [4.78, 5) is 0. The molecule has 0 amide bonds. The average Bonchev–Trinajstić information content (AvgIpc) is 3.22. The van der Waals surface area contributed by atoms with Crippen LogP contribution >= 0.6 is 0 Å². The third kappa shape index (κ3) is 2.77. The molecule has 0 aromatic carbocycles. The first-order chi connectivity index (χ1) is 10.3. The molecule has 4 fully saturated rings. The molecule has 2 heterocycles. The van der Waals surface area contributed by atoms with Crippen LogP contribution in [0.4, 0.5) is 0 Å². The van der Waals surface area contributed by atoms with Crippen LogP contribution in [-0.2, 0) is 9.47 Å². The predicted octanol–water partition coefficient (Wildman–Crippen LogP) is 2.99. The zero-order valence-corrected chi connectivity index (χ0v) is 13.5. The lowest BCUT2D eigenvalue weighted by molar-refractivity contribution is -0.104. The molecule has 1 N–H and O–H groups in total. The van der Waals surface area contributed by atoms with Gasteiger partial charge in [0, 0.05) is 25.7 Å². The maximum Gasteiger partial charge on any atom is 0.0939 e. The Bertz CT molecular complexity index is 366. The predicted molar refractivity (Wildman–Crippen MR) is 83.2 cm³/mol. The van der Waals surface area contributed by atoms with Gasteiger partial charge in [-0.2, -0.15) is 0 Å². The minimum absolute atomic E-state index is 0.0622. The molecule has 2 bridgehead atoms. The van der Waals surface area contributed by atoms with Gasteiger partial charge in [0.1, 0.15) is 0 Å². The smallest absolute Gasteiger partial charge is 0.0939 e. The Balaban J connectivity index is 1.38. The molecule has 2 aliphatic heterocycles. The van der Waals surface area contributed by atoms with Crippen molar-refractivity contribution in [3.63, 3.8) is 0 Å². The van der Waals surface area contributed by atoms with Gasteiger partial charge >= 0.3 is 0 Å². The number of hydrogen-bond donors (Lipinski definition) is 1. The molecule has 2 aliphatic carbocycles. The van der Waals surface area contributed by atoms with Gasteiger partial charge in [-0.05, 0) is 69.2 Å². The van der Waals surface area contributed by atoms with Gasteiger partial charge in [-0.15, -0.1) is 0 Å². The molecule has 0 radical (unpaired) electrons. The highest BCUT2D eigenvalue weighted by molar-refractivity contribution is 4.96. The lowest BCUT2D eigenvalue weighted by Gasteiger charge is -2.41. The number of ether oxygens (including phenoxy) is 2. The van der Waals surface area contributed by atoms with Crippen LogP contribution < -0.4 is 5.32 Å². The summed E-state index contributed by atoms with van der Waals surface area (Å²) in [5.74, 6) is 3.90. The highest BCUT2D eigenvalue weighted by Gasteiger charge is 2.45. The molecule has 2 saturated carbocycles. The lowest BCUT2D eigenvalue weighted by atomic mass is 9.76. The van der Waals surface area contributed by atoms with Gasteiger partial charge < -0.3 is 14.8 Å². The molecule has 0 aromatic rings. The van der Waals surface area contributed by atoms with Crippen molar-refractivity contribution in [2.75, 3.05) is 26.9 Å². The first kappa shape index (κ1) is 14.5. The Morgan fingerprint density at radius 3 is 2.81 bits per heavy atom. The van der Waals surface area contributed by atoms with Crippen molar-refractivity contribution < 1.29 is 9.47 Å². The van der Waals surface area contributed by atoms with Gasteiger partial charge in [0.05, 0.1) is 12.2 Å². The van der Waals surface area contributed by atoms with Crippen molar-refractivity contribution >= 4 is 0 Å². The minimum Gasteiger partial charge on any atom is -0.378 e. The summed E-state index contributed by atoms with van der Waals surface area (Å²) in [5.41, 5.74) is 0.0622. The lowest BCUT2D eigenvalue weighted by Crippen LogP contribution is -2.47. The molecular weight excluding hydrogens is 262 g/mol. The summed E-state index contributed by atoms with van der Waals surface area (Å²) in [7, 11) is 2.17. The molecule has 2 saturated heterocycles. The van der Waals surface area contributed by atoms with Crippen molar-refractivity contribution in [2.24, 2.45) is 23.7 Å². The maximum atomic E-state index is 6.12. The maximum absolute atomic E-state index is 6.12. The normalized spacial score (nSPS) is 47.3. The van der Waals surface area contributed by atoms with Crippen LogP contribution in [0.1, 0.15) is 51.4 Å². The second-order valence-corrected chi connectivity index (χ2v) is 8.15. The number of rotatable bonds is 4. The van der Waals surface area contributed by atoms with E-state index in [0.717, 1.165) is 49.9 Å². The Morgan fingerprint density at radius 1 is 1.19 bits per heavy atom. The van der Waals surface area contributed by atoms with E-state index >= 15 is 0 Å². The second kappa shape index (κ2) is 5.82. The van der Waals surface area contributed by atoms with Gasteiger partial charge in [-0.25, -0.2) is 0 Å². The molecule has 6 unspecified atom stereocenters. The molecule has 6 atom stereocenters. The third-order valence-corrected chi connectivity index (χ3v) is 6.98. The van der Waals surface area contributed by atoms with E-state index in [-0.39, 0.29) is 5.60 Å². The Labute approximate surface area is 129 Å². The van der Waals surface area contributed by atoms with Crippen molar-refractivity contribution in [1.29, 1.82) is 0 Å². The summed E-state index contributed by atoms with van der Waals surface area (Å²) in [5, 5.41) is 3.67. The van der Waals surface area contributed by atoms with E-state index < -0.39 is 0 Å². The summed E-state index contributed by atoms with van der Waals surface area (Å²) in [6.45, 7) is 2.65. The number of fused-ring (bicyclic) bond motifs is 2.